The van der Waals surface area contributed by atoms with Crippen LogP contribution in [0.4, 0.5) is 0 Å². The smallest absolute Gasteiger partial charge is 0.332 e. The lowest BCUT2D eigenvalue weighted by Crippen LogP contribution is -2.39. The fourth-order valence-corrected chi connectivity index (χ4v) is 3.59. The maximum absolute atomic E-state index is 13.3. The molecule has 11 heteroatoms. The first kappa shape index (κ1) is 24.5. The Hall–Kier alpha value is -3.14. The molecule has 1 aromatic carbocycles. The number of nitrogens with zero attached hydrogens (tertiary/aromatic N) is 5. The number of aliphatic hydroxyl groups is 1. The van der Waals surface area contributed by atoms with Crippen LogP contribution in [0.15, 0.2) is 52.2 Å². The highest BCUT2D eigenvalue weighted by molar-refractivity contribution is 6.30. The number of rotatable bonds is 7. The summed E-state index contributed by atoms with van der Waals surface area (Å²) in [7, 11) is 1.56. The van der Waals surface area contributed by atoms with E-state index in [0.29, 0.717) is 10.8 Å². The summed E-state index contributed by atoms with van der Waals surface area (Å²) in [6, 6.07) is 10.8. The number of aliphatic hydroxyl groups excluding tert-OH is 1. The zero-order valence-electron chi connectivity index (χ0n) is 18.1. The Morgan fingerprint density at radius 1 is 1.12 bits per heavy atom. The number of pyridine rings is 1. The molecule has 9 nitrogen and oxygen atoms in total. The molecule has 1 N–H and O–H groups in total. The van der Waals surface area contributed by atoms with Crippen LogP contribution in [0.25, 0.3) is 11.2 Å². The van der Waals surface area contributed by atoms with Crippen LogP contribution in [0.1, 0.15) is 17.7 Å². The summed E-state index contributed by atoms with van der Waals surface area (Å²) in [6.45, 7) is 2.09. The van der Waals surface area contributed by atoms with E-state index in [4.69, 9.17) is 16.3 Å². The highest BCUT2D eigenvalue weighted by atomic mass is 35.5. The van der Waals surface area contributed by atoms with Crippen LogP contribution in [0.3, 0.4) is 0 Å². The molecule has 3 heterocycles. The van der Waals surface area contributed by atoms with E-state index in [2.05, 4.69) is 9.97 Å². The Bertz CT molecular complexity index is 1390. The van der Waals surface area contributed by atoms with Gasteiger partial charge in [0.25, 0.3) is 5.56 Å². The Kier molecular flexibility index (Phi) is 7.57. The number of hydrogen-bond acceptors (Lipinski definition) is 6. The van der Waals surface area contributed by atoms with Gasteiger partial charge in [0.15, 0.2) is 11.2 Å². The minimum Gasteiger partial charge on any atom is -0.425 e. The van der Waals surface area contributed by atoms with Crippen molar-refractivity contribution in [3.05, 3.63) is 79.7 Å². The van der Waals surface area contributed by atoms with Gasteiger partial charge in [-0.2, -0.15) is 4.98 Å². The molecule has 4 aromatic rings. The van der Waals surface area contributed by atoms with Crippen molar-refractivity contribution in [2.45, 2.75) is 26.4 Å². The van der Waals surface area contributed by atoms with Gasteiger partial charge in [0.05, 0.1) is 6.54 Å². The molecule has 0 radical (unpaired) electrons. The number of hydrogen-bond donors (Lipinski definition) is 1. The molecule has 0 saturated carbocycles. The van der Waals surface area contributed by atoms with E-state index in [0.717, 1.165) is 15.8 Å². The van der Waals surface area contributed by atoms with Crippen molar-refractivity contribution in [2.24, 2.45) is 7.05 Å². The maximum atomic E-state index is 13.3. The van der Waals surface area contributed by atoms with E-state index in [1.54, 1.807) is 42.1 Å². The van der Waals surface area contributed by atoms with Gasteiger partial charge in [-0.1, -0.05) is 23.7 Å². The summed E-state index contributed by atoms with van der Waals surface area (Å²) in [4.78, 5) is 34.7. The van der Waals surface area contributed by atoms with Crippen molar-refractivity contribution in [1.82, 2.24) is 23.7 Å². The van der Waals surface area contributed by atoms with Gasteiger partial charge >= 0.3 is 11.7 Å². The van der Waals surface area contributed by atoms with Crippen molar-refractivity contribution in [3.63, 3.8) is 0 Å². The monoisotopic (exact) mass is 491 g/mol. The minimum atomic E-state index is -0.501. The van der Waals surface area contributed by atoms with Crippen LogP contribution >= 0.6 is 24.0 Å². The van der Waals surface area contributed by atoms with Gasteiger partial charge in [-0.3, -0.25) is 23.5 Å². The van der Waals surface area contributed by atoms with Gasteiger partial charge in [-0.15, -0.1) is 12.4 Å². The van der Waals surface area contributed by atoms with E-state index in [9.17, 15) is 14.7 Å². The van der Waals surface area contributed by atoms with Crippen molar-refractivity contribution >= 4 is 35.2 Å². The van der Waals surface area contributed by atoms with Crippen molar-refractivity contribution in [2.75, 3.05) is 6.61 Å². The number of fused-ring (bicyclic) bond motifs is 1. The summed E-state index contributed by atoms with van der Waals surface area (Å²) in [5.74, 6) is 0.510. The lowest BCUT2D eigenvalue weighted by molar-refractivity contribution is 0.277. The van der Waals surface area contributed by atoms with Crippen LogP contribution in [0, 0.1) is 6.92 Å². The fraction of sp³-hybridized carbons (Fsp3) is 0.273. The second-order valence-corrected chi connectivity index (χ2v) is 7.83. The molecule has 0 unspecified atom stereocenters. The number of aromatic nitrogens is 5. The summed E-state index contributed by atoms with van der Waals surface area (Å²) in [5.41, 5.74) is 1.11. The second-order valence-electron chi connectivity index (χ2n) is 7.39. The number of aryl methyl sites for hydroxylation is 2. The van der Waals surface area contributed by atoms with Crippen molar-refractivity contribution < 1.29 is 9.84 Å². The predicted octanol–water partition coefficient (Wildman–Crippen LogP) is 2.90. The summed E-state index contributed by atoms with van der Waals surface area (Å²) < 4.78 is 10.1. The molecule has 174 valence electrons. The highest BCUT2D eigenvalue weighted by Crippen LogP contribution is 2.25. The summed E-state index contributed by atoms with van der Waals surface area (Å²) in [6.07, 6.45) is 1.90. The number of imidazole rings is 1. The Labute approximate surface area is 200 Å². The van der Waals surface area contributed by atoms with Crippen molar-refractivity contribution in [3.8, 4) is 11.8 Å². The third-order valence-corrected chi connectivity index (χ3v) is 5.32. The van der Waals surface area contributed by atoms with Gasteiger partial charge in [0.2, 0.25) is 0 Å². The Balaban J connectivity index is 0.00000306. The highest BCUT2D eigenvalue weighted by Gasteiger charge is 2.22. The predicted molar refractivity (Wildman–Crippen MR) is 128 cm³/mol. The molecule has 0 atom stereocenters. The molecule has 0 amide bonds. The second kappa shape index (κ2) is 10.2. The van der Waals surface area contributed by atoms with E-state index < -0.39 is 11.2 Å². The van der Waals surface area contributed by atoms with E-state index in [1.165, 1.54) is 4.57 Å². The molecule has 0 aliphatic rings. The molecular formula is C22H23Cl2N5O4. The van der Waals surface area contributed by atoms with E-state index in [-0.39, 0.29) is 55.7 Å². The van der Waals surface area contributed by atoms with Crippen molar-refractivity contribution in [1.29, 1.82) is 0 Å². The normalized spacial score (nSPS) is 10.9. The summed E-state index contributed by atoms with van der Waals surface area (Å²) >= 11 is 6.01. The average Bonchev–Trinajstić information content (AvgIpc) is 3.12. The molecule has 4 rings (SSSR count). The Morgan fingerprint density at radius 3 is 2.52 bits per heavy atom. The molecule has 33 heavy (non-hydrogen) atoms. The quantitative estimate of drug-likeness (QED) is 0.426. The number of benzene rings is 1. The first-order valence-electron chi connectivity index (χ1n) is 10.0. The van der Waals surface area contributed by atoms with Crippen LogP contribution in [0.5, 0.6) is 11.8 Å². The molecule has 0 spiro atoms. The Morgan fingerprint density at radius 2 is 1.85 bits per heavy atom. The molecule has 0 fully saturated rings. The van der Waals surface area contributed by atoms with Crippen LogP contribution in [-0.2, 0) is 20.1 Å². The fourth-order valence-electron chi connectivity index (χ4n) is 3.46. The largest absolute Gasteiger partial charge is 0.425 e. The maximum Gasteiger partial charge on any atom is 0.332 e. The number of halogens is 2. The van der Waals surface area contributed by atoms with Crippen LogP contribution in [0.2, 0.25) is 5.02 Å². The van der Waals surface area contributed by atoms with Gasteiger partial charge in [-0.05, 0) is 37.1 Å². The molecule has 3 aromatic heterocycles. The van der Waals surface area contributed by atoms with Gasteiger partial charge < -0.3 is 9.84 Å². The topological polar surface area (TPSA) is 104 Å². The zero-order chi connectivity index (χ0) is 22.8. The standard InChI is InChI=1S/C22H22ClN5O4.ClH/c1-14-12-17(8-9-24-14)32-21-25-19-18(28(21)13-15-4-6-16(23)7-5-15)20(30)27(10-3-11-29)22(31)26(19)2;/h4-9,12,29H,3,10-11,13H2,1-2H3;1H. The SMILES string of the molecule is Cc1cc(Oc2nc3c(c(=O)n(CCCO)c(=O)n3C)n2Cc2ccc(Cl)cc2)ccn1.Cl. The van der Waals surface area contributed by atoms with E-state index in [1.807, 2.05) is 19.1 Å². The molecule has 0 aliphatic heterocycles. The lowest BCUT2D eigenvalue weighted by Gasteiger charge is -2.11. The van der Waals surface area contributed by atoms with Crippen LogP contribution in [-0.4, -0.2) is 35.4 Å². The van der Waals surface area contributed by atoms with Gasteiger partial charge in [0.1, 0.15) is 5.75 Å². The van der Waals surface area contributed by atoms with Gasteiger partial charge in [0, 0.05) is 43.2 Å². The lowest BCUT2D eigenvalue weighted by atomic mass is 10.2. The third-order valence-electron chi connectivity index (χ3n) is 5.07. The van der Waals surface area contributed by atoms with Gasteiger partial charge in [-0.25, -0.2) is 4.79 Å². The molecule has 0 saturated heterocycles. The van der Waals surface area contributed by atoms with Crippen LogP contribution < -0.4 is 16.0 Å². The van der Waals surface area contributed by atoms with E-state index >= 15 is 0 Å². The molecule has 0 aliphatic carbocycles. The average molecular weight is 492 g/mol. The first-order chi connectivity index (χ1) is 15.4. The zero-order valence-corrected chi connectivity index (χ0v) is 19.6. The molecule has 0 bridgehead atoms. The first-order valence-corrected chi connectivity index (χ1v) is 10.4. The number of ether oxygens (including phenoxy) is 1. The minimum absolute atomic E-state index is 0. The third kappa shape index (κ3) is 4.95. The summed E-state index contributed by atoms with van der Waals surface area (Å²) in [5, 5.41) is 9.78. The molecular weight excluding hydrogens is 469 g/mol.